The Morgan fingerprint density at radius 2 is 1.91 bits per heavy atom. The van der Waals surface area contributed by atoms with Crippen molar-refractivity contribution in [2.75, 3.05) is 19.7 Å². The third-order valence-corrected chi connectivity index (χ3v) is 6.51. The molecule has 0 radical (unpaired) electrons. The van der Waals surface area contributed by atoms with Gasteiger partial charge in [0.05, 0.1) is 23.4 Å². The molecule has 0 bridgehead atoms. The minimum atomic E-state index is -4.06. The molecule has 1 aliphatic heterocycles. The van der Waals surface area contributed by atoms with Crippen molar-refractivity contribution in [1.82, 2.24) is 14.0 Å². The molecule has 1 N–H and O–H groups in total. The molecule has 0 atom stereocenters. The molecular weight excluding hydrogens is 484 g/mol. The highest BCUT2D eigenvalue weighted by Gasteiger charge is 2.28. The molecule has 0 saturated carbocycles. The predicted octanol–water partition coefficient (Wildman–Crippen LogP) is 4.43. The van der Waals surface area contributed by atoms with Crippen molar-refractivity contribution in [2.45, 2.75) is 26.7 Å². The van der Waals surface area contributed by atoms with Crippen LogP contribution in [0.1, 0.15) is 37.0 Å². The van der Waals surface area contributed by atoms with Crippen molar-refractivity contribution >= 4 is 39.3 Å². The van der Waals surface area contributed by atoms with Crippen molar-refractivity contribution in [3.05, 3.63) is 45.8 Å². The molecule has 1 aliphatic rings. The number of ether oxygens (including phenoxy) is 2. The number of nitrogens with one attached hydrogen (secondary N) is 1. The van der Waals surface area contributed by atoms with Gasteiger partial charge in [-0.2, -0.15) is 12.7 Å². The lowest BCUT2D eigenvalue weighted by Crippen LogP contribution is -2.42. The van der Waals surface area contributed by atoms with Crippen LogP contribution in [0.2, 0.25) is 10.0 Å². The van der Waals surface area contributed by atoms with E-state index in [1.54, 1.807) is 0 Å². The van der Waals surface area contributed by atoms with Crippen LogP contribution in [0.15, 0.2) is 24.4 Å². The van der Waals surface area contributed by atoms with E-state index >= 15 is 0 Å². The van der Waals surface area contributed by atoms with Gasteiger partial charge in [0.15, 0.2) is 0 Å². The Morgan fingerprint density at radius 3 is 2.53 bits per heavy atom. The van der Waals surface area contributed by atoms with E-state index in [2.05, 4.69) is 4.98 Å². The second-order valence-electron chi connectivity index (χ2n) is 7.57. The van der Waals surface area contributed by atoms with E-state index in [4.69, 9.17) is 32.7 Å². The van der Waals surface area contributed by atoms with Gasteiger partial charge in [-0.15, -0.1) is 0 Å². The molecule has 0 unspecified atom stereocenters. The Balaban J connectivity index is 1.74. The van der Waals surface area contributed by atoms with Crippen LogP contribution in [0.3, 0.4) is 0 Å². The van der Waals surface area contributed by atoms with Gasteiger partial charge in [-0.3, -0.25) is 4.79 Å². The van der Waals surface area contributed by atoms with Crippen LogP contribution in [-0.4, -0.2) is 43.3 Å². The number of amides is 1. The summed E-state index contributed by atoms with van der Waals surface area (Å²) in [5, 5.41) is 0.0919. The van der Waals surface area contributed by atoms with E-state index in [-0.39, 0.29) is 33.3 Å². The summed E-state index contributed by atoms with van der Waals surface area (Å²) < 4.78 is 53.1. The number of carbonyl (C=O) groups is 1. The summed E-state index contributed by atoms with van der Waals surface area (Å²) in [6, 6.07) is 3.31. The highest BCUT2D eigenvalue weighted by atomic mass is 35.5. The molecule has 0 aliphatic carbocycles. The van der Waals surface area contributed by atoms with Gasteiger partial charge in [0.2, 0.25) is 5.88 Å². The number of halogens is 3. The summed E-state index contributed by atoms with van der Waals surface area (Å²) >= 11 is 12.3. The van der Waals surface area contributed by atoms with Crippen LogP contribution >= 0.6 is 23.2 Å². The van der Waals surface area contributed by atoms with Gasteiger partial charge in [0.25, 0.3) is 5.91 Å². The summed E-state index contributed by atoms with van der Waals surface area (Å²) in [4.78, 5) is 16.4. The highest BCUT2D eigenvalue weighted by Crippen LogP contribution is 2.34. The van der Waals surface area contributed by atoms with Gasteiger partial charge in [-0.25, -0.2) is 14.1 Å². The first-order chi connectivity index (χ1) is 15.1. The highest BCUT2D eigenvalue weighted by molar-refractivity contribution is 7.87. The molecule has 1 saturated heterocycles. The van der Waals surface area contributed by atoms with Gasteiger partial charge >= 0.3 is 10.2 Å². The number of nitrogens with zero attached hydrogens (tertiary/aromatic N) is 2. The van der Waals surface area contributed by atoms with Crippen molar-refractivity contribution in [1.29, 1.82) is 0 Å². The van der Waals surface area contributed by atoms with E-state index in [0.717, 1.165) is 16.4 Å². The lowest BCUT2D eigenvalue weighted by atomic mass is 10.2. The second kappa shape index (κ2) is 10.2. The lowest BCUT2D eigenvalue weighted by molar-refractivity contribution is 0.0975. The van der Waals surface area contributed by atoms with Crippen LogP contribution in [0.5, 0.6) is 17.4 Å². The number of hydrogen-bond donors (Lipinski definition) is 1. The number of carbonyl (C=O) groups excluding carboxylic acids is 1. The summed E-state index contributed by atoms with van der Waals surface area (Å²) in [7, 11) is -4.06. The van der Waals surface area contributed by atoms with Gasteiger partial charge in [-0.1, -0.05) is 37.0 Å². The lowest BCUT2D eigenvalue weighted by Gasteiger charge is -2.16. The summed E-state index contributed by atoms with van der Waals surface area (Å²) in [6.07, 6.45) is 2.73. The van der Waals surface area contributed by atoms with E-state index in [1.807, 2.05) is 18.6 Å². The fraction of sp³-hybridized carbons (Fsp3) is 0.400. The number of pyridine rings is 1. The Kier molecular flexibility index (Phi) is 7.81. The van der Waals surface area contributed by atoms with Crippen LogP contribution in [0.4, 0.5) is 4.39 Å². The zero-order valence-corrected chi connectivity index (χ0v) is 19.7. The minimum absolute atomic E-state index is 0.100. The predicted molar refractivity (Wildman–Crippen MR) is 118 cm³/mol. The molecule has 2 heterocycles. The SMILES string of the molecule is CC(C)COc1ncc(Oc2cc(F)c(C(=O)NS(=O)(=O)N3CCCC3)cc2Cl)cc1Cl. The van der Waals surface area contributed by atoms with Crippen LogP contribution in [0, 0.1) is 11.7 Å². The maximum absolute atomic E-state index is 14.6. The van der Waals surface area contributed by atoms with E-state index in [9.17, 15) is 17.6 Å². The smallest absolute Gasteiger partial charge is 0.304 e. The molecule has 3 rings (SSSR count). The average Bonchev–Trinajstić information content (AvgIpc) is 3.25. The quantitative estimate of drug-likeness (QED) is 0.569. The normalized spacial score (nSPS) is 14.6. The fourth-order valence-electron chi connectivity index (χ4n) is 2.89. The van der Waals surface area contributed by atoms with E-state index in [0.29, 0.717) is 32.5 Å². The Labute approximate surface area is 195 Å². The van der Waals surface area contributed by atoms with E-state index in [1.165, 1.54) is 12.3 Å². The minimum Gasteiger partial charge on any atom is -0.476 e. The first kappa shape index (κ1) is 24.5. The van der Waals surface area contributed by atoms with Gasteiger partial charge in [0.1, 0.15) is 22.3 Å². The van der Waals surface area contributed by atoms with Gasteiger partial charge in [-0.05, 0) is 24.8 Å². The molecule has 32 heavy (non-hydrogen) atoms. The van der Waals surface area contributed by atoms with Crippen molar-refractivity contribution in [2.24, 2.45) is 5.92 Å². The molecule has 8 nitrogen and oxygen atoms in total. The molecule has 12 heteroatoms. The first-order valence-corrected chi connectivity index (χ1v) is 12.0. The fourth-order valence-corrected chi connectivity index (χ4v) is 4.51. The molecule has 1 fully saturated rings. The number of aromatic nitrogens is 1. The maximum atomic E-state index is 14.6. The third kappa shape index (κ3) is 6.00. The molecule has 1 amide bonds. The van der Waals surface area contributed by atoms with Crippen LogP contribution < -0.4 is 14.2 Å². The summed E-state index contributed by atoms with van der Waals surface area (Å²) in [5.41, 5.74) is -0.529. The molecule has 2 aromatic rings. The molecular formula is C20H22Cl2FN3O5S. The average molecular weight is 506 g/mol. The zero-order valence-electron chi connectivity index (χ0n) is 17.4. The topological polar surface area (TPSA) is 97.8 Å². The van der Waals surface area contributed by atoms with Crippen molar-refractivity contribution in [3.8, 4) is 17.4 Å². The maximum Gasteiger partial charge on any atom is 0.304 e. The molecule has 1 aromatic heterocycles. The van der Waals surface area contributed by atoms with Crippen LogP contribution in [-0.2, 0) is 10.2 Å². The van der Waals surface area contributed by atoms with Crippen LogP contribution in [0.25, 0.3) is 0 Å². The number of hydrogen-bond acceptors (Lipinski definition) is 6. The van der Waals surface area contributed by atoms with Gasteiger partial charge < -0.3 is 9.47 Å². The number of rotatable bonds is 8. The third-order valence-electron chi connectivity index (χ3n) is 4.46. The zero-order chi connectivity index (χ0) is 23.5. The monoisotopic (exact) mass is 505 g/mol. The first-order valence-electron chi connectivity index (χ1n) is 9.84. The van der Waals surface area contributed by atoms with Gasteiger partial charge in [0, 0.05) is 25.2 Å². The second-order valence-corrected chi connectivity index (χ2v) is 10.1. The summed E-state index contributed by atoms with van der Waals surface area (Å²) in [5.74, 6) is -1.55. The largest absolute Gasteiger partial charge is 0.476 e. The molecule has 1 aromatic carbocycles. The number of benzene rings is 1. The Bertz CT molecular complexity index is 1110. The van der Waals surface area contributed by atoms with Crippen molar-refractivity contribution < 1.29 is 27.1 Å². The molecule has 174 valence electrons. The van der Waals surface area contributed by atoms with Crippen molar-refractivity contribution in [3.63, 3.8) is 0 Å². The molecule has 0 spiro atoms. The van der Waals surface area contributed by atoms with E-state index < -0.39 is 27.5 Å². The summed E-state index contributed by atoms with van der Waals surface area (Å²) in [6.45, 7) is 5.00. The Morgan fingerprint density at radius 1 is 1.22 bits per heavy atom. The standard InChI is InChI=1S/C20H22Cl2FN3O5S/c1-12(2)11-30-20-16(22)7-13(10-24-20)31-18-9-17(23)14(8-15(18)21)19(27)25-32(28,29)26-5-3-4-6-26/h7-10,12H,3-6,11H2,1-2H3,(H,25,27). The Hall–Kier alpha value is -2.14.